The maximum absolute atomic E-state index is 12.2. The first kappa shape index (κ1) is 16.3. The summed E-state index contributed by atoms with van der Waals surface area (Å²) in [7, 11) is -3.48. The van der Waals surface area contributed by atoms with Gasteiger partial charge in [0.15, 0.2) is 9.84 Å². The van der Waals surface area contributed by atoms with Crippen molar-refractivity contribution in [2.75, 3.05) is 12.4 Å². The summed E-state index contributed by atoms with van der Waals surface area (Å²) in [5.74, 6) is -1.38. The van der Waals surface area contributed by atoms with E-state index in [9.17, 15) is 13.2 Å². The van der Waals surface area contributed by atoms with E-state index in [1.165, 1.54) is 6.92 Å². The number of carbonyl (C=O) groups is 1. The SMILES string of the molecule is CCOC(=O)[C@@]1(N)[C@H](S(=O)(=O)CC)[C@@H]1c1cccc(Cl)c1. The molecule has 21 heavy (non-hydrogen) atoms. The minimum absolute atomic E-state index is 0.0763. The number of rotatable bonds is 5. The molecular weight excluding hydrogens is 314 g/mol. The molecule has 0 spiro atoms. The lowest BCUT2D eigenvalue weighted by Gasteiger charge is -2.11. The van der Waals surface area contributed by atoms with Gasteiger partial charge in [0.05, 0.1) is 11.9 Å². The van der Waals surface area contributed by atoms with Gasteiger partial charge in [0, 0.05) is 16.7 Å². The van der Waals surface area contributed by atoms with E-state index in [1.807, 2.05) is 0 Å². The summed E-state index contributed by atoms with van der Waals surface area (Å²) < 4.78 is 29.4. The van der Waals surface area contributed by atoms with Gasteiger partial charge in [0.25, 0.3) is 0 Å². The highest BCUT2D eigenvalue weighted by atomic mass is 35.5. The van der Waals surface area contributed by atoms with E-state index >= 15 is 0 Å². The monoisotopic (exact) mass is 331 g/mol. The first-order chi connectivity index (χ1) is 9.79. The van der Waals surface area contributed by atoms with Crippen LogP contribution in [0.15, 0.2) is 24.3 Å². The molecule has 1 saturated carbocycles. The van der Waals surface area contributed by atoms with Gasteiger partial charge in [0.2, 0.25) is 0 Å². The molecule has 7 heteroatoms. The Balaban J connectivity index is 2.45. The molecule has 0 bridgehead atoms. The van der Waals surface area contributed by atoms with Crippen LogP contribution in [0.4, 0.5) is 0 Å². The number of carbonyl (C=O) groups excluding carboxylic acids is 1. The van der Waals surface area contributed by atoms with E-state index in [2.05, 4.69) is 0 Å². The second kappa shape index (κ2) is 5.59. The highest BCUT2D eigenvalue weighted by molar-refractivity contribution is 7.92. The Hall–Kier alpha value is -1.11. The molecule has 1 aliphatic carbocycles. The summed E-state index contributed by atoms with van der Waals surface area (Å²) in [5, 5.41) is -0.495. The summed E-state index contributed by atoms with van der Waals surface area (Å²) in [5.41, 5.74) is 5.22. The summed E-state index contributed by atoms with van der Waals surface area (Å²) in [6, 6.07) is 6.75. The van der Waals surface area contributed by atoms with Gasteiger partial charge in [0.1, 0.15) is 5.54 Å². The lowest BCUT2D eigenvalue weighted by molar-refractivity contribution is -0.145. The minimum atomic E-state index is -3.48. The van der Waals surface area contributed by atoms with Crippen LogP contribution in [0, 0.1) is 0 Å². The standard InChI is InChI=1S/C14H18ClNO4S/c1-3-20-13(17)14(16)11(12(14)21(18,19)4-2)9-6-5-7-10(15)8-9/h5-8,11-12H,3-4,16H2,1-2H3/t11-,12+,14-/m0/s1. The van der Waals surface area contributed by atoms with Gasteiger partial charge in [-0.25, -0.2) is 13.2 Å². The minimum Gasteiger partial charge on any atom is -0.465 e. The maximum Gasteiger partial charge on any atom is 0.328 e. The van der Waals surface area contributed by atoms with Crippen molar-refractivity contribution in [1.82, 2.24) is 0 Å². The fourth-order valence-electron chi connectivity index (χ4n) is 2.71. The van der Waals surface area contributed by atoms with Gasteiger partial charge in [-0.1, -0.05) is 30.7 Å². The predicted octanol–water partition coefficient (Wildman–Crippen LogP) is 1.50. The van der Waals surface area contributed by atoms with Crippen LogP contribution in [0.3, 0.4) is 0 Å². The molecule has 1 fully saturated rings. The number of sulfone groups is 1. The summed E-state index contributed by atoms with van der Waals surface area (Å²) in [6.07, 6.45) is 0. The first-order valence-electron chi connectivity index (χ1n) is 6.72. The summed E-state index contributed by atoms with van der Waals surface area (Å²) in [4.78, 5) is 12.1. The molecule has 1 aromatic carbocycles. The van der Waals surface area contributed by atoms with Crippen molar-refractivity contribution in [1.29, 1.82) is 0 Å². The van der Waals surface area contributed by atoms with Crippen molar-refractivity contribution in [3.63, 3.8) is 0 Å². The van der Waals surface area contributed by atoms with E-state index in [1.54, 1.807) is 31.2 Å². The van der Waals surface area contributed by atoms with Crippen LogP contribution in [0.1, 0.15) is 25.3 Å². The zero-order valence-corrected chi connectivity index (χ0v) is 13.4. The fraction of sp³-hybridized carbons (Fsp3) is 0.500. The molecule has 0 saturated heterocycles. The average Bonchev–Trinajstić information content (AvgIpc) is 3.08. The third kappa shape index (κ3) is 2.67. The molecule has 0 heterocycles. The molecule has 0 unspecified atom stereocenters. The van der Waals surface area contributed by atoms with E-state index in [4.69, 9.17) is 22.1 Å². The number of benzene rings is 1. The van der Waals surface area contributed by atoms with Gasteiger partial charge >= 0.3 is 5.97 Å². The van der Waals surface area contributed by atoms with Crippen molar-refractivity contribution in [2.24, 2.45) is 5.73 Å². The van der Waals surface area contributed by atoms with Crippen LogP contribution in [0.5, 0.6) is 0 Å². The highest BCUT2D eigenvalue weighted by Gasteiger charge is 2.74. The lowest BCUT2D eigenvalue weighted by Crippen LogP contribution is -2.41. The van der Waals surface area contributed by atoms with Crippen LogP contribution < -0.4 is 5.73 Å². The van der Waals surface area contributed by atoms with Gasteiger partial charge in [-0.2, -0.15) is 0 Å². The van der Waals surface area contributed by atoms with E-state index in [-0.39, 0.29) is 12.4 Å². The fourth-order valence-corrected chi connectivity index (χ4v) is 4.82. The van der Waals surface area contributed by atoms with E-state index in [0.29, 0.717) is 10.6 Å². The third-order valence-electron chi connectivity index (χ3n) is 3.81. The van der Waals surface area contributed by atoms with Crippen molar-refractivity contribution >= 4 is 27.4 Å². The molecule has 3 atom stereocenters. The number of esters is 1. The van der Waals surface area contributed by atoms with Crippen molar-refractivity contribution in [3.8, 4) is 0 Å². The molecule has 116 valence electrons. The van der Waals surface area contributed by atoms with Gasteiger partial charge in [-0.3, -0.25) is 0 Å². The lowest BCUT2D eigenvalue weighted by atomic mass is 10.1. The van der Waals surface area contributed by atoms with Crippen LogP contribution >= 0.6 is 11.6 Å². The van der Waals surface area contributed by atoms with Crippen molar-refractivity contribution in [2.45, 2.75) is 30.6 Å². The summed E-state index contributed by atoms with van der Waals surface area (Å²) in [6.45, 7) is 3.34. The molecule has 0 aliphatic heterocycles. The number of hydrogen-bond donors (Lipinski definition) is 1. The third-order valence-corrected chi connectivity index (χ3v) is 6.28. The molecule has 5 nitrogen and oxygen atoms in total. The molecule has 0 aromatic heterocycles. The van der Waals surface area contributed by atoms with E-state index in [0.717, 1.165) is 0 Å². The Morgan fingerprint density at radius 3 is 2.62 bits per heavy atom. The molecule has 1 aliphatic rings. The van der Waals surface area contributed by atoms with Crippen LogP contribution in [-0.4, -0.2) is 37.5 Å². The Bertz CT molecular complexity index is 661. The Labute approximate surface area is 129 Å². The highest BCUT2D eigenvalue weighted by Crippen LogP contribution is 2.55. The quantitative estimate of drug-likeness (QED) is 0.826. The first-order valence-corrected chi connectivity index (χ1v) is 8.81. The molecule has 2 N–H and O–H groups in total. The number of hydrogen-bond acceptors (Lipinski definition) is 5. The normalized spacial score (nSPS) is 28.2. The second-order valence-electron chi connectivity index (χ2n) is 5.06. The summed E-state index contributed by atoms with van der Waals surface area (Å²) >= 11 is 5.94. The molecule has 0 amide bonds. The van der Waals surface area contributed by atoms with Gasteiger partial charge in [-0.15, -0.1) is 0 Å². The maximum atomic E-state index is 12.2. The van der Waals surface area contributed by atoms with Crippen LogP contribution in [0.2, 0.25) is 5.02 Å². The number of nitrogens with two attached hydrogens (primary N) is 1. The van der Waals surface area contributed by atoms with Gasteiger partial charge in [-0.05, 0) is 24.6 Å². The molecule has 0 radical (unpaired) electrons. The largest absolute Gasteiger partial charge is 0.465 e. The predicted molar refractivity (Wildman–Crippen MR) is 81.0 cm³/mol. The van der Waals surface area contributed by atoms with Crippen LogP contribution in [-0.2, 0) is 19.4 Å². The Kier molecular flexibility index (Phi) is 4.33. The molecule has 1 aromatic rings. The molecule has 2 rings (SSSR count). The second-order valence-corrected chi connectivity index (χ2v) is 7.91. The Morgan fingerprint density at radius 1 is 1.43 bits per heavy atom. The molecular formula is C14H18ClNO4S. The zero-order valence-electron chi connectivity index (χ0n) is 11.9. The Morgan fingerprint density at radius 2 is 2.10 bits per heavy atom. The van der Waals surface area contributed by atoms with Gasteiger partial charge < -0.3 is 10.5 Å². The number of halogens is 1. The topological polar surface area (TPSA) is 86.5 Å². The van der Waals surface area contributed by atoms with Crippen molar-refractivity contribution in [3.05, 3.63) is 34.9 Å². The van der Waals surface area contributed by atoms with Crippen molar-refractivity contribution < 1.29 is 17.9 Å². The van der Waals surface area contributed by atoms with Crippen LogP contribution in [0.25, 0.3) is 0 Å². The smallest absolute Gasteiger partial charge is 0.328 e. The number of ether oxygens (including phenoxy) is 1. The zero-order chi connectivity index (χ0) is 15.8. The average molecular weight is 332 g/mol. The van der Waals surface area contributed by atoms with E-state index < -0.39 is 32.5 Å².